The van der Waals surface area contributed by atoms with E-state index in [1.807, 2.05) is 24.3 Å². The largest absolute Gasteiger partial charge is 0.493 e. The monoisotopic (exact) mass is 352 g/mol. The van der Waals surface area contributed by atoms with E-state index in [0.29, 0.717) is 18.9 Å². The number of amides is 1. The van der Waals surface area contributed by atoms with E-state index in [1.165, 1.54) is 25.7 Å². The van der Waals surface area contributed by atoms with Crippen LogP contribution in [0.5, 0.6) is 5.75 Å². The summed E-state index contributed by atoms with van der Waals surface area (Å²) >= 11 is 0. The van der Waals surface area contributed by atoms with E-state index in [4.69, 9.17) is 4.74 Å². The first-order valence-electron chi connectivity index (χ1n) is 8.99. The Morgan fingerprint density at radius 3 is 2.62 bits per heavy atom. The summed E-state index contributed by atoms with van der Waals surface area (Å²) in [5, 5.41) is 6.41. The van der Waals surface area contributed by atoms with Crippen LogP contribution in [0.3, 0.4) is 0 Å². The Hall–Kier alpha value is -1.26. The summed E-state index contributed by atoms with van der Waals surface area (Å²) in [5.74, 6) is 2.51. The normalized spacial score (nSPS) is 17.8. The Balaban J connectivity index is 0.00000208. The highest BCUT2D eigenvalue weighted by Crippen LogP contribution is 2.30. The fourth-order valence-electron chi connectivity index (χ4n) is 3.07. The third-order valence-corrected chi connectivity index (χ3v) is 4.86. The van der Waals surface area contributed by atoms with Crippen LogP contribution in [0.4, 0.5) is 0 Å². The second-order valence-corrected chi connectivity index (χ2v) is 6.87. The topological polar surface area (TPSA) is 50.4 Å². The first-order chi connectivity index (χ1) is 11.3. The number of benzene rings is 1. The van der Waals surface area contributed by atoms with E-state index >= 15 is 0 Å². The lowest BCUT2D eigenvalue weighted by molar-refractivity contribution is -0.121. The summed E-state index contributed by atoms with van der Waals surface area (Å²) in [6, 6.07) is 8.03. The molecule has 2 N–H and O–H groups in total. The van der Waals surface area contributed by atoms with Gasteiger partial charge in [-0.2, -0.15) is 0 Å². The van der Waals surface area contributed by atoms with Gasteiger partial charge in [0.05, 0.1) is 6.61 Å². The first kappa shape index (κ1) is 19.1. The summed E-state index contributed by atoms with van der Waals surface area (Å²) in [6.45, 7) is 3.56. The number of nitrogens with one attached hydrogen (secondary N) is 2. The third-order valence-electron chi connectivity index (χ3n) is 4.86. The highest BCUT2D eigenvalue weighted by Gasteiger charge is 2.22. The molecule has 1 heterocycles. The molecule has 2 fully saturated rings. The molecular weight excluding hydrogens is 324 g/mol. The van der Waals surface area contributed by atoms with Gasteiger partial charge in [-0.15, -0.1) is 12.4 Å². The molecule has 1 aromatic rings. The zero-order valence-electron chi connectivity index (χ0n) is 14.3. The van der Waals surface area contributed by atoms with Crippen LogP contribution in [0.15, 0.2) is 24.3 Å². The fourth-order valence-corrected chi connectivity index (χ4v) is 3.07. The number of para-hydroxylation sites is 1. The van der Waals surface area contributed by atoms with Gasteiger partial charge in [-0.25, -0.2) is 0 Å². The van der Waals surface area contributed by atoms with Crippen molar-refractivity contribution in [3.8, 4) is 5.75 Å². The lowest BCUT2D eigenvalue weighted by atomic mass is 9.93. The number of ether oxygens (including phenoxy) is 1. The predicted molar refractivity (Wildman–Crippen MR) is 98.6 cm³/mol. The molecule has 1 saturated heterocycles. The highest BCUT2D eigenvalue weighted by atomic mass is 35.5. The van der Waals surface area contributed by atoms with Crippen molar-refractivity contribution in [3.63, 3.8) is 0 Å². The van der Waals surface area contributed by atoms with Crippen molar-refractivity contribution in [2.45, 2.75) is 45.1 Å². The quantitative estimate of drug-likeness (QED) is 0.754. The highest BCUT2D eigenvalue weighted by molar-refractivity contribution is 5.85. The molecule has 0 spiro atoms. The van der Waals surface area contributed by atoms with Crippen LogP contribution in [-0.2, 0) is 11.3 Å². The lowest BCUT2D eigenvalue weighted by Gasteiger charge is -2.22. The molecule has 1 aromatic carbocycles. The molecule has 0 bridgehead atoms. The van der Waals surface area contributed by atoms with Crippen molar-refractivity contribution in [2.24, 2.45) is 11.8 Å². The molecule has 3 rings (SSSR count). The molecule has 1 aliphatic heterocycles. The maximum atomic E-state index is 12.1. The number of rotatable bonds is 8. The Labute approximate surface area is 151 Å². The predicted octanol–water partition coefficient (Wildman–Crippen LogP) is 3.29. The van der Waals surface area contributed by atoms with Crippen LogP contribution >= 0.6 is 12.4 Å². The molecule has 0 unspecified atom stereocenters. The van der Waals surface area contributed by atoms with Gasteiger partial charge in [0.1, 0.15) is 5.75 Å². The second-order valence-electron chi connectivity index (χ2n) is 6.87. The SMILES string of the molecule is Cl.O=C(CCC1CCNCC1)NCc1ccccc1OCC1CC1. The Morgan fingerprint density at radius 2 is 1.88 bits per heavy atom. The minimum absolute atomic E-state index is 0. The van der Waals surface area contributed by atoms with E-state index in [-0.39, 0.29) is 18.3 Å². The summed E-state index contributed by atoms with van der Waals surface area (Å²) in [4.78, 5) is 12.1. The van der Waals surface area contributed by atoms with Crippen molar-refractivity contribution < 1.29 is 9.53 Å². The molecule has 1 saturated carbocycles. The molecule has 4 nitrogen and oxygen atoms in total. The molecule has 0 aromatic heterocycles. The van der Waals surface area contributed by atoms with Crippen LogP contribution < -0.4 is 15.4 Å². The van der Waals surface area contributed by atoms with Gasteiger partial charge in [-0.1, -0.05) is 18.2 Å². The smallest absolute Gasteiger partial charge is 0.220 e. The number of carbonyl (C=O) groups is 1. The van der Waals surface area contributed by atoms with E-state index in [0.717, 1.165) is 43.3 Å². The Morgan fingerprint density at radius 1 is 1.12 bits per heavy atom. The lowest BCUT2D eigenvalue weighted by Crippen LogP contribution is -2.29. The van der Waals surface area contributed by atoms with Gasteiger partial charge in [0.25, 0.3) is 0 Å². The summed E-state index contributed by atoms with van der Waals surface area (Å²) in [5.41, 5.74) is 1.07. The number of carbonyl (C=O) groups excluding carboxylic acids is 1. The first-order valence-corrected chi connectivity index (χ1v) is 8.99. The number of halogens is 1. The maximum absolute atomic E-state index is 12.1. The molecule has 134 valence electrons. The zero-order chi connectivity index (χ0) is 15.9. The molecule has 5 heteroatoms. The number of hydrogen-bond acceptors (Lipinski definition) is 3. The van der Waals surface area contributed by atoms with E-state index in [1.54, 1.807) is 0 Å². The van der Waals surface area contributed by atoms with Crippen LogP contribution in [0, 0.1) is 11.8 Å². The molecule has 1 aliphatic carbocycles. The Kier molecular flexibility index (Phi) is 7.86. The molecule has 0 radical (unpaired) electrons. The summed E-state index contributed by atoms with van der Waals surface area (Å²) in [7, 11) is 0. The third kappa shape index (κ3) is 6.33. The average molecular weight is 353 g/mol. The van der Waals surface area contributed by atoms with E-state index in [9.17, 15) is 4.79 Å². The van der Waals surface area contributed by atoms with Gasteiger partial charge in [-0.05, 0) is 63.1 Å². The van der Waals surface area contributed by atoms with Gasteiger partial charge in [0, 0.05) is 18.5 Å². The van der Waals surface area contributed by atoms with Gasteiger partial charge >= 0.3 is 0 Å². The van der Waals surface area contributed by atoms with Gasteiger partial charge in [0.2, 0.25) is 5.91 Å². The van der Waals surface area contributed by atoms with E-state index in [2.05, 4.69) is 10.6 Å². The Bertz CT molecular complexity index is 514. The molecule has 1 amide bonds. The molecule has 24 heavy (non-hydrogen) atoms. The van der Waals surface area contributed by atoms with Crippen molar-refractivity contribution in [3.05, 3.63) is 29.8 Å². The maximum Gasteiger partial charge on any atom is 0.220 e. The standard InChI is InChI=1S/C19H28N2O2.ClH/c22-19(8-7-15-9-11-20-12-10-15)21-13-17-3-1-2-4-18(17)23-14-16-5-6-16;/h1-4,15-16,20H,5-14H2,(H,21,22);1H. The molecular formula is C19H29ClN2O2. The second kappa shape index (κ2) is 9.90. The van der Waals surface area contributed by atoms with Crippen molar-refractivity contribution in [2.75, 3.05) is 19.7 Å². The fraction of sp³-hybridized carbons (Fsp3) is 0.632. The van der Waals surface area contributed by atoms with Crippen molar-refractivity contribution >= 4 is 18.3 Å². The molecule has 2 aliphatic rings. The average Bonchev–Trinajstić information content (AvgIpc) is 3.42. The van der Waals surface area contributed by atoms with Gasteiger partial charge in [0.15, 0.2) is 0 Å². The van der Waals surface area contributed by atoms with E-state index < -0.39 is 0 Å². The minimum Gasteiger partial charge on any atom is -0.493 e. The zero-order valence-corrected chi connectivity index (χ0v) is 15.1. The number of hydrogen-bond donors (Lipinski definition) is 2. The van der Waals surface area contributed by atoms with Crippen LogP contribution in [0.25, 0.3) is 0 Å². The van der Waals surface area contributed by atoms with Crippen molar-refractivity contribution in [1.82, 2.24) is 10.6 Å². The van der Waals surface area contributed by atoms with Crippen LogP contribution in [0.2, 0.25) is 0 Å². The summed E-state index contributed by atoms with van der Waals surface area (Å²) in [6.07, 6.45) is 6.62. The van der Waals surface area contributed by atoms with Crippen LogP contribution in [0.1, 0.15) is 44.1 Å². The molecule has 0 atom stereocenters. The van der Waals surface area contributed by atoms with Crippen molar-refractivity contribution in [1.29, 1.82) is 0 Å². The minimum atomic E-state index is 0. The van der Waals surface area contributed by atoms with Gasteiger partial charge in [-0.3, -0.25) is 4.79 Å². The van der Waals surface area contributed by atoms with Crippen LogP contribution in [-0.4, -0.2) is 25.6 Å². The van der Waals surface area contributed by atoms with Gasteiger partial charge < -0.3 is 15.4 Å². The summed E-state index contributed by atoms with van der Waals surface area (Å²) < 4.78 is 5.89. The number of piperidine rings is 1.